The first-order valence-electron chi connectivity index (χ1n) is 8.95. The molecule has 0 aliphatic heterocycles. The molecule has 0 saturated carbocycles. The van der Waals surface area contributed by atoms with Crippen molar-refractivity contribution in [3.05, 3.63) is 57.3 Å². The number of fused-ring (bicyclic) bond motifs is 1. The molecular formula is C20H19ClN2O5S2. The summed E-state index contributed by atoms with van der Waals surface area (Å²) in [5, 5.41) is 0.478. The van der Waals surface area contributed by atoms with Crippen molar-refractivity contribution in [2.24, 2.45) is 4.99 Å². The van der Waals surface area contributed by atoms with E-state index in [0.29, 0.717) is 15.2 Å². The van der Waals surface area contributed by atoms with Crippen molar-refractivity contribution in [1.82, 2.24) is 4.57 Å². The number of rotatable bonds is 5. The predicted octanol–water partition coefficient (Wildman–Crippen LogP) is 3.37. The van der Waals surface area contributed by atoms with E-state index in [0.717, 1.165) is 11.8 Å². The monoisotopic (exact) mass is 466 g/mol. The Morgan fingerprint density at radius 1 is 1.23 bits per heavy atom. The van der Waals surface area contributed by atoms with E-state index in [9.17, 15) is 18.0 Å². The van der Waals surface area contributed by atoms with Crippen LogP contribution in [0.2, 0.25) is 5.02 Å². The maximum Gasteiger partial charge on any atom is 0.326 e. The minimum Gasteiger partial charge on any atom is -0.465 e. The third kappa shape index (κ3) is 4.63. The molecule has 0 spiro atoms. The fourth-order valence-corrected chi connectivity index (χ4v) is 4.94. The first-order chi connectivity index (χ1) is 14.1. The van der Waals surface area contributed by atoms with Crippen LogP contribution in [0.4, 0.5) is 0 Å². The SMILES string of the molecule is CCOC(=O)Cn1c(=NC(=O)c2cccc(S(C)(=O)=O)c2)sc2c(Cl)ccc(C)c21. The lowest BCUT2D eigenvalue weighted by Gasteiger charge is -2.07. The van der Waals surface area contributed by atoms with Gasteiger partial charge in [-0.15, -0.1) is 0 Å². The Labute approximate surface area is 182 Å². The quantitative estimate of drug-likeness (QED) is 0.537. The lowest BCUT2D eigenvalue weighted by Crippen LogP contribution is -2.23. The van der Waals surface area contributed by atoms with Crippen LogP contribution >= 0.6 is 22.9 Å². The Morgan fingerprint density at radius 2 is 1.97 bits per heavy atom. The average molecular weight is 467 g/mol. The molecule has 1 amide bonds. The molecule has 0 saturated heterocycles. The molecule has 10 heteroatoms. The predicted molar refractivity (Wildman–Crippen MR) is 116 cm³/mol. The van der Waals surface area contributed by atoms with Crippen LogP contribution in [0.3, 0.4) is 0 Å². The van der Waals surface area contributed by atoms with Crippen LogP contribution in [0.1, 0.15) is 22.8 Å². The van der Waals surface area contributed by atoms with E-state index in [4.69, 9.17) is 16.3 Å². The zero-order valence-electron chi connectivity index (χ0n) is 16.5. The lowest BCUT2D eigenvalue weighted by molar-refractivity contribution is -0.143. The number of sulfone groups is 1. The fourth-order valence-electron chi connectivity index (χ4n) is 2.90. The number of nitrogens with zero attached hydrogens (tertiary/aromatic N) is 2. The fraction of sp³-hybridized carbons (Fsp3) is 0.250. The highest BCUT2D eigenvalue weighted by Gasteiger charge is 2.17. The molecule has 0 N–H and O–H groups in total. The maximum absolute atomic E-state index is 12.8. The van der Waals surface area contributed by atoms with Gasteiger partial charge in [0.05, 0.1) is 26.7 Å². The molecule has 3 aromatic rings. The maximum atomic E-state index is 12.8. The summed E-state index contributed by atoms with van der Waals surface area (Å²) in [6.07, 6.45) is 1.07. The van der Waals surface area contributed by atoms with Gasteiger partial charge in [-0.3, -0.25) is 9.59 Å². The third-order valence-corrected chi connectivity index (χ3v) is 6.93. The number of ether oxygens (including phenoxy) is 1. The number of aromatic nitrogens is 1. The Morgan fingerprint density at radius 3 is 2.63 bits per heavy atom. The Bertz CT molecular complexity index is 1320. The summed E-state index contributed by atoms with van der Waals surface area (Å²) < 4.78 is 30.9. The molecule has 158 valence electrons. The first kappa shape index (κ1) is 22.2. The van der Waals surface area contributed by atoms with Gasteiger partial charge in [0, 0.05) is 11.8 Å². The normalized spacial score (nSPS) is 12.3. The van der Waals surface area contributed by atoms with E-state index in [1.54, 1.807) is 17.6 Å². The third-order valence-electron chi connectivity index (χ3n) is 4.28. The van der Waals surface area contributed by atoms with Gasteiger partial charge in [0.25, 0.3) is 5.91 Å². The highest BCUT2D eigenvalue weighted by atomic mass is 35.5. The Kier molecular flexibility index (Phi) is 6.44. The van der Waals surface area contributed by atoms with Crippen molar-refractivity contribution in [2.75, 3.05) is 12.9 Å². The zero-order valence-corrected chi connectivity index (χ0v) is 18.9. The van der Waals surface area contributed by atoms with Crippen LogP contribution in [0.5, 0.6) is 0 Å². The molecule has 1 heterocycles. The number of amides is 1. The average Bonchev–Trinajstić information content (AvgIpc) is 3.03. The Balaban J connectivity index is 2.18. The molecule has 0 bridgehead atoms. The molecule has 3 rings (SSSR count). The largest absolute Gasteiger partial charge is 0.465 e. The second-order valence-electron chi connectivity index (χ2n) is 6.53. The number of carbonyl (C=O) groups excluding carboxylic acids is 2. The smallest absolute Gasteiger partial charge is 0.326 e. The summed E-state index contributed by atoms with van der Waals surface area (Å²) in [4.78, 5) is 29.4. The molecule has 2 aromatic carbocycles. The van der Waals surface area contributed by atoms with Gasteiger partial charge in [0.15, 0.2) is 14.6 Å². The summed E-state index contributed by atoms with van der Waals surface area (Å²) in [7, 11) is -3.47. The number of thiazole rings is 1. The van der Waals surface area contributed by atoms with Crippen LogP contribution in [0, 0.1) is 6.92 Å². The minimum absolute atomic E-state index is 0.0261. The van der Waals surface area contributed by atoms with Crippen molar-refractivity contribution >= 4 is 54.9 Å². The molecule has 0 aliphatic carbocycles. The number of esters is 1. The van der Waals surface area contributed by atoms with Gasteiger partial charge in [-0.25, -0.2) is 8.42 Å². The van der Waals surface area contributed by atoms with E-state index in [1.165, 1.54) is 35.6 Å². The summed E-state index contributed by atoms with van der Waals surface area (Å²) in [5.74, 6) is -1.09. The molecule has 30 heavy (non-hydrogen) atoms. The van der Waals surface area contributed by atoms with Gasteiger partial charge in [-0.1, -0.05) is 35.1 Å². The number of hydrogen-bond donors (Lipinski definition) is 0. The van der Waals surface area contributed by atoms with Crippen molar-refractivity contribution in [3.63, 3.8) is 0 Å². The molecule has 0 unspecified atom stereocenters. The number of hydrogen-bond acceptors (Lipinski definition) is 6. The van der Waals surface area contributed by atoms with E-state index in [-0.39, 0.29) is 28.4 Å². The van der Waals surface area contributed by atoms with Crippen molar-refractivity contribution in [2.45, 2.75) is 25.3 Å². The highest BCUT2D eigenvalue weighted by molar-refractivity contribution is 7.90. The highest BCUT2D eigenvalue weighted by Crippen LogP contribution is 2.29. The van der Waals surface area contributed by atoms with E-state index in [2.05, 4.69) is 4.99 Å². The molecule has 0 fully saturated rings. The van der Waals surface area contributed by atoms with Gasteiger partial charge in [-0.05, 0) is 43.7 Å². The molecule has 0 atom stereocenters. The second kappa shape index (κ2) is 8.71. The standard InChI is InChI=1S/C20H19ClN2O5S2/c1-4-28-16(24)11-23-17-12(2)8-9-15(21)18(17)29-20(23)22-19(25)13-6-5-7-14(10-13)30(3,26)27/h5-10H,4,11H2,1-3H3. The summed E-state index contributed by atoms with van der Waals surface area (Å²) in [6.45, 7) is 3.67. The molecule has 7 nitrogen and oxygen atoms in total. The molecule has 1 aromatic heterocycles. The van der Waals surface area contributed by atoms with Crippen molar-refractivity contribution in [3.8, 4) is 0 Å². The van der Waals surface area contributed by atoms with Gasteiger partial charge in [0.2, 0.25) is 0 Å². The van der Waals surface area contributed by atoms with Crippen LogP contribution in [-0.2, 0) is 25.9 Å². The van der Waals surface area contributed by atoms with Gasteiger partial charge < -0.3 is 9.30 Å². The molecule has 0 aliphatic rings. The summed E-state index contributed by atoms with van der Waals surface area (Å²) >= 11 is 7.50. The number of benzene rings is 2. The van der Waals surface area contributed by atoms with Gasteiger partial charge in [-0.2, -0.15) is 4.99 Å². The van der Waals surface area contributed by atoms with E-state index < -0.39 is 21.7 Å². The number of carbonyl (C=O) groups is 2. The second-order valence-corrected chi connectivity index (χ2v) is 9.94. The molecular weight excluding hydrogens is 448 g/mol. The first-order valence-corrected chi connectivity index (χ1v) is 12.0. The summed E-state index contributed by atoms with van der Waals surface area (Å²) in [5.41, 5.74) is 1.68. The number of halogens is 1. The lowest BCUT2D eigenvalue weighted by atomic mass is 10.2. The van der Waals surface area contributed by atoms with Crippen LogP contribution in [0.25, 0.3) is 10.2 Å². The van der Waals surface area contributed by atoms with Crippen molar-refractivity contribution < 1.29 is 22.7 Å². The zero-order chi connectivity index (χ0) is 22.1. The summed E-state index contributed by atoms with van der Waals surface area (Å²) in [6, 6.07) is 9.23. The van der Waals surface area contributed by atoms with E-state index in [1.807, 2.05) is 13.0 Å². The Hall–Kier alpha value is -2.49. The van der Waals surface area contributed by atoms with Crippen LogP contribution in [-0.4, -0.2) is 37.7 Å². The van der Waals surface area contributed by atoms with E-state index >= 15 is 0 Å². The van der Waals surface area contributed by atoms with Gasteiger partial charge >= 0.3 is 5.97 Å². The number of aryl methyl sites for hydroxylation is 1. The molecule has 0 radical (unpaired) electrons. The van der Waals surface area contributed by atoms with Crippen molar-refractivity contribution in [1.29, 1.82) is 0 Å². The van der Waals surface area contributed by atoms with Crippen LogP contribution in [0.15, 0.2) is 46.3 Å². The van der Waals surface area contributed by atoms with Crippen LogP contribution < -0.4 is 4.80 Å². The van der Waals surface area contributed by atoms with Gasteiger partial charge in [0.1, 0.15) is 6.54 Å². The minimum atomic E-state index is -3.47. The topological polar surface area (TPSA) is 94.8 Å².